The molecule has 1 rings (SSSR count). The SMILES string of the molecule is CCCCCCOOP1(=O)OCCO1. The van der Waals surface area contributed by atoms with E-state index in [1.165, 1.54) is 12.8 Å². The summed E-state index contributed by atoms with van der Waals surface area (Å²) in [5, 5.41) is 0. The van der Waals surface area contributed by atoms with Crippen molar-refractivity contribution in [1.29, 1.82) is 0 Å². The summed E-state index contributed by atoms with van der Waals surface area (Å²) in [6, 6.07) is 0. The zero-order valence-corrected chi connectivity index (χ0v) is 9.33. The molecule has 1 saturated heterocycles. The van der Waals surface area contributed by atoms with E-state index in [-0.39, 0.29) is 0 Å². The van der Waals surface area contributed by atoms with Crippen molar-refractivity contribution in [3.8, 4) is 0 Å². The lowest BCUT2D eigenvalue weighted by Crippen LogP contribution is -1.96. The average molecular weight is 224 g/mol. The van der Waals surface area contributed by atoms with Crippen LogP contribution in [0.1, 0.15) is 32.6 Å². The fraction of sp³-hybridized carbons (Fsp3) is 1.00. The Hall–Kier alpha value is 0.0700. The third-order valence-electron chi connectivity index (χ3n) is 1.81. The first-order valence-corrected chi connectivity index (χ1v) is 6.43. The third-order valence-corrected chi connectivity index (χ3v) is 3.09. The van der Waals surface area contributed by atoms with Crippen LogP contribution in [0.2, 0.25) is 0 Å². The van der Waals surface area contributed by atoms with Crippen molar-refractivity contribution in [1.82, 2.24) is 0 Å². The molecule has 1 aliphatic rings. The van der Waals surface area contributed by atoms with E-state index in [1.807, 2.05) is 0 Å². The van der Waals surface area contributed by atoms with Gasteiger partial charge in [-0.15, -0.1) is 4.67 Å². The minimum Gasteiger partial charge on any atom is -0.283 e. The summed E-state index contributed by atoms with van der Waals surface area (Å²) in [5.74, 6) is 0. The van der Waals surface area contributed by atoms with Gasteiger partial charge in [0.1, 0.15) is 0 Å². The number of phosphoric ester groups is 1. The normalized spacial score (nSPS) is 20.1. The molecule has 0 saturated carbocycles. The van der Waals surface area contributed by atoms with Crippen LogP contribution in [0, 0.1) is 0 Å². The van der Waals surface area contributed by atoms with Gasteiger partial charge in [0, 0.05) is 0 Å². The average Bonchev–Trinajstić information content (AvgIpc) is 2.59. The highest BCUT2D eigenvalue weighted by Crippen LogP contribution is 2.52. The van der Waals surface area contributed by atoms with Crippen molar-refractivity contribution in [2.45, 2.75) is 32.6 Å². The first-order chi connectivity index (χ1) is 6.77. The van der Waals surface area contributed by atoms with Crippen LogP contribution in [0.15, 0.2) is 0 Å². The first kappa shape index (κ1) is 12.1. The van der Waals surface area contributed by atoms with E-state index >= 15 is 0 Å². The Labute approximate surface area is 84.2 Å². The molecule has 0 aromatic carbocycles. The number of phosphoric acid groups is 1. The van der Waals surface area contributed by atoms with Crippen molar-refractivity contribution in [3.05, 3.63) is 0 Å². The lowest BCUT2D eigenvalue weighted by Gasteiger charge is -2.07. The van der Waals surface area contributed by atoms with Gasteiger partial charge in [-0.2, -0.15) is 0 Å². The topological polar surface area (TPSA) is 54.0 Å². The Kier molecular flexibility index (Phi) is 5.67. The Morgan fingerprint density at radius 2 is 1.93 bits per heavy atom. The van der Waals surface area contributed by atoms with Crippen molar-refractivity contribution in [3.63, 3.8) is 0 Å². The molecule has 5 nitrogen and oxygen atoms in total. The van der Waals surface area contributed by atoms with Crippen LogP contribution in [0.25, 0.3) is 0 Å². The maximum atomic E-state index is 11.3. The fourth-order valence-corrected chi connectivity index (χ4v) is 2.03. The summed E-state index contributed by atoms with van der Waals surface area (Å²) in [7, 11) is -3.35. The van der Waals surface area contributed by atoms with Gasteiger partial charge in [-0.25, -0.2) is 9.45 Å². The van der Waals surface area contributed by atoms with Gasteiger partial charge in [0.05, 0.1) is 19.8 Å². The van der Waals surface area contributed by atoms with Crippen molar-refractivity contribution < 1.29 is 23.2 Å². The summed E-state index contributed by atoms with van der Waals surface area (Å²) >= 11 is 0. The lowest BCUT2D eigenvalue weighted by atomic mass is 10.2. The fourth-order valence-electron chi connectivity index (χ4n) is 1.07. The monoisotopic (exact) mass is 224 g/mol. The maximum absolute atomic E-state index is 11.3. The predicted octanol–water partition coefficient (Wildman–Crippen LogP) is 2.67. The molecule has 0 aliphatic carbocycles. The highest BCUT2D eigenvalue weighted by molar-refractivity contribution is 7.48. The van der Waals surface area contributed by atoms with Gasteiger partial charge in [0.25, 0.3) is 0 Å². The van der Waals surface area contributed by atoms with Crippen LogP contribution in [-0.2, 0) is 23.2 Å². The summed E-state index contributed by atoms with van der Waals surface area (Å²) in [6.07, 6.45) is 4.33. The van der Waals surface area contributed by atoms with E-state index in [4.69, 9.17) is 13.9 Å². The van der Waals surface area contributed by atoms with Crippen molar-refractivity contribution in [2.24, 2.45) is 0 Å². The maximum Gasteiger partial charge on any atom is 0.502 e. The van der Waals surface area contributed by atoms with Crippen LogP contribution in [0.5, 0.6) is 0 Å². The zero-order chi connectivity index (χ0) is 10.3. The number of rotatable bonds is 7. The number of hydrogen-bond donors (Lipinski definition) is 0. The highest BCUT2D eigenvalue weighted by Gasteiger charge is 2.33. The summed E-state index contributed by atoms with van der Waals surface area (Å²) < 4.78 is 25.4. The highest BCUT2D eigenvalue weighted by atomic mass is 31.2. The second kappa shape index (κ2) is 6.53. The smallest absolute Gasteiger partial charge is 0.283 e. The Bertz CT molecular complexity index is 186. The molecule has 14 heavy (non-hydrogen) atoms. The van der Waals surface area contributed by atoms with Gasteiger partial charge in [-0.05, 0) is 6.42 Å². The molecule has 0 bridgehead atoms. The van der Waals surface area contributed by atoms with E-state index in [0.29, 0.717) is 19.8 Å². The molecule has 6 heteroatoms. The summed E-state index contributed by atoms with van der Waals surface area (Å²) in [5.41, 5.74) is 0. The van der Waals surface area contributed by atoms with Gasteiger partial charge in [-0.1, -0.05) is 26.2 Å². The standard InChI is InChI=1S/C8H17O5P/c1-2-3-4-5-6-10-13-14(9)11-7-8-12-14/h2-8H2,1H3. The van der Waals surface area contributed by atoms with Crippen LogP contribution >= 0.6 is 7.82 Å². The second-order valence-electron chi connectivity index (χ2n) is 3.07. The van der Waals surface area contributed by atoms with Crippen LogP contribution in [0.3, 0.4) is 0 Å². The third kappa shape index (κ3) is 4.53. The van der Waals surface area contributed by atoms with Gasteiger partial charge in [0.15, 0.2) is 0 Å². The zero-order valence-electron chi connectivity index (χ0n) is 8.44. The van der Waals surface area contributed by atoms with Crippen LogP contribution in [-0.4, -0.2) is 19.8 Å². The molecule has 0 amide bonds. The molecule has 0 radical (unpaired) electrons. The van der Waals surface area contributed by atoms with Gasteiger partial charge in [-0.3, -0.25) is 9.05 Å². The minimum atomic E-state index is -3.35. The van der Waals surface area contributed by atoms with Crippen LogP contribution < -0.4 is 0 Å². The molecule has 0 spiro atoms. The van der Waals surface area contributed by atoms with E-state index in [2.05, 4.69) is 11.6 Å². The molecule has 1 heterocycles. The van der Waals surface area contributed by atoms with E-state index in [0.717, 1.165) is 12.8 Å². The van der Waals surface area contributed by atoms with Gasteiger partial charge in [0.2, 0.25) is 0 Å². The van der Waals surface area contributed by atoms with E-state index < -0.39 is 7.82 Å². The summed E-state index contributed by atoms with van der Waals surface area (Å²) in [4.78, 5) is 4.75. The molecule has 0 unspecified atom stereocenters. The van der Waals surface area contributed by atoms with E-state index in [9.17, 15) is 4.57 Å². The molecular formula is C8H17O5P. The molecular weight excluding hydrogens is 207 g/mol. The number of hydrogen-bond acceptors (Lipinski definition) is 5. The van der Waals surface area contributed by atoms with Gasteiger partial charge < -0.3 is 0 Å². The van der Waals surface area contributed by atoms with Crippen molar-refractivity contribution >= 4 is 7.82 Å². The molecule has 84 valence electrons. The minimum absolute atomic E-state index is 0.302. The van der Waals surface area contributed by atoms with E-state index in [1.54, 1.807) is 0 Å². The number of unbranched alkanes of at least 4 members (excludes halogenated alkanes) is 3. The molecule has 0 aromatic heterocycles. The molecule has 1 aliphatic heterocycles. The summed E-state index contributed by atoms with van der Waals surface area (Å²) in [6.45, 7) is 3.17. The van der Waals surface area contributed by atoms with Crippen molar-refractivity contribution in [2.75, 3.05) is 19.8 Å². The quantitative estimate of drug-likeness (QED) is 0.288. The molecule has 0 N–H and O–H groups in total. The largest absolute Gasteiger partial charge is 0.502 e. The van der Waals surface area contributed by atoms with Crippen LogP contribution in [0.4, 0.5) is 0 Å². The first-order valence-electron chi connectivity index (χ1n) is 4.97. The molecule has 1 fully saturated rings. The molecule has 0 atom stereocenters. The predicted molar refractivity (Wildman–Crippen MR) is 50.7 cm³/mol. The Morgan fingerprint density at radius 3 is 2.57 bits per heavy atom. The second-order valence-corrected chi connectivity index (χ2v) is 4.63. The Morgan fingerprint density at radius 1 is 1.21 bits per heavy atom. The van der Waals surface area contributed by atoms with Gasteiger partial charge >= 0.3 is 7.82 Å². The molecule has 0 aromatic rings. The Balaban J connectivity index is 1.95. The lowest BCUT2D eigenvalue weighted by molar-refractivity contribution is -0.222.